The molecule has 0 unspecified atom stereocenters. The highest BCUT2D eigenvalue weighted by molar-refractivity contribution is 6.10. The van der Waals surface area contributed by atoms with E-state index in [-0.39, 0.29) is 6.42 Å². The van der Waals surface area contributed by atoms with Crippen molar-refractivity contribution in [2.75, 3.05) is 10.6 Å². The lowest BCUT2D eigenvalue weighted by atomic mass is 9.61. The third kappa shape index (κ3) is 4.68. The Balaban J connectivity index is 1.80. The summed E-state index contributed by atoms with van der Waals surface area (Å²) in [6.07, 6.45) is 1.26. The van der Waals surface area contributed by atoms with Crippen LogP contribution < -0.4 is 10.6 Å². The van der Waals surface area contributed by atoms with Gasteiger partial charge in [-0.25, -0.2) is 0 Å². The largest absolute Gasteiger partial charge is 0.389 e. The van der Waals surface area contributed by atoms with Crippen molar-refractivity contribution >= 4 is 29.0 Å². The van der Waals surface area contributed by atoms with Gasteiger partial charge in [-0.05, 0) is 56.5 Å². The Morgan fingerprint density at radius 3 is 2.00 bits per heavy atom. The van der Waals surface area contributed by atoms with Gasteiger partial charge in [0.1, 0.15) is 11.7 Å². The quantitative estimate of drug-likeness (QED) is 0.475. The predicted octanol–water partition coefficient (Wildman–Crippen LogP) is 3.66. The Kier molecular flexibility index (Phi) is 6.82. The molecule has 1 saturated carbocycles. The number of hydrogen-bond donors (Lipinski definition) is 3. The van der Waals surface area contributed by atoms with Crippen molar-refractivity contribution < 1.29 is 19.5 Å². The van der Waals surface area contributed by atoms with E-state index >= 15 is 0 Å². The second kappa shape index (κ2) is 9.70. The number of hydrogen-bond acceptors (Lipinski definition) is 5. The monoisotopic (exact) mass is 488 g/mol. The molecule has 8 nitrogen and oxygen atoms in total. The van der Waals surface area contributed by atoms with Gasteiger partial charge in [-0.2, -0.15) is 5.10 Å². The molecule has 3 aromatic rings. The third-order valence-corrected chi connectivity index (χ3v) is 7.27. The number of anilines is 2. The van der Waals surface area contributed by atoms with E-state index in [1.165, 1.54) is 6.92 Å². The summed E-state index contributed by atoms with van der Waals surface area (Å²) in [4.78, 5) is 40.9. The molecule has 1 fully saturated rings. The number of carbonyl (C=O) groups excluding carboxylic acids is 3. The number of para-hydroxylation sites is 2. The van der Waals surface area contributed by atoms with Gasteiger partial charge in [0.25, 0.3) is 0 Å². The van der Waals surface area contributed by atoms with Crippen molar-refractivity contribution in [2.45, 2.75) is 45.6 Å². The van der Waals surface area contributed by atoms with E-state index in [0.29, 0.717) is 22.6 Å². The summed E-state index contributed by atoms with van der Waals surface area (Å²) in [5.74, 6) is -4.55. The number of aromatic nitrogens is 2. The average molecular weight is 489 g/mol. The van der Waals surface area contributed by atoms with E-state index < -0.39 is 41.0 Å². The summed E-state index contributed by atoms with van der Waals surface area (Å²) in [6.45, 7) is 7.05. The van der Waals surface area contributed by atoms with Crippen LogP contribution in [0.3, 0.4) is 0 Å². The highest BCUT2D eigenvalue weighted by Gasteiger charge is 2.56. The zero-order valence-corrected chi connectivity index (χ0v) is 21.2. The van der Waals surface area contributed by atoms with Crippen molar-refractivity contribution in [3.8, 4) is 0 Å². The zero-order valence-electron chi connectivity index (χ0n) is 21.2. The third-order valence-electron chi connectivity index (χ3n) is 7.27. The average Bonchev–Trinajstić information content (AvgIpc) is 3.13. The van der Waals surface area contributed by atoms with Gasteiger partial charge in [0.15, 0.2) is 0 Å². The molecule has 1 aromatic heterocycles. The Hall–Kier alpha value is -3.78. The van der Waals surface area contributed by atoms with Gasteiger partial charge in [0.05, 0.1) is 17.7 Å². The van der Waals surface area contributed by atoms with Gasteiger partial charge in [-0.1, -0.05) is 36.4 Å². The molecular formula is C28H32N4O4. The van der Waals surface area contributed by atoms with Crippen LogP contribution in [0.4, 0.5) is 11.4 Å². The molecule has 0 radical (unpaired) electrons. The normalized spacial score (nSPS) is 23.8. The lowest BCUT2D eigenvalue weighted by Crippen LogP contribution is -2.56. The first-order valence-corrected chi connectivity index (χ1v) is 12.0. The second-order valence-corrected chi connectivity index (χ2v) is 9.90. The van der Waals surface area contributed by atoms with Gasteiger partial charge in [-0.15, -0.1) is 0 Å². The molecule has 36 heavy (non-hydrogen) atoms. The first-order chi connectivity index (χ1) is 17.0. The molecule has 4 atom stereocenters. The Morgan fingerprint density at radius 2 is 1.50 bits per heavy atom. The Morgan fingerprint density at radius 1 is 0.972 bits per heavy atom. The molecule has 0 saturated heterocycles. The van der Waals surface area contributed by atoms with Crippen LogP contribution in [0.5, 0.6) is 0 Å². The van der Waals surface area contributed by atoms with E-state index in [4.69, 9.17) is 0 Å². The minimum atomic E-state index is -1.67. The highest BCUT2D eigenvalue weighted by Crippen LogP contribution is 2.47. The number of aliphatic hydroxyl groups is 1. The molecule has 8 heteroatoms. The fraction of sp³-hybridized carbons (Fsp3) is 0.357. The molecule has 1 aliphatic carbocycles. The van der Waals surface area contributed by atoms with Crippen LogP contribution in [0.25, 0.3) is 0 Å². The van der Waals surface area contributed by atoms with Gasteiger partial charge in [-0.3, -0.25) is 19.1 Å². The van der Waals surface area contributed by atoms with Crippen LogP contribution in [0.15, 0.2) is 54.7 Å². The fourth-order valence-electron chi connectivity index (χ4n) is 5.16. The van der Waals surface area contributed by atoms with Gasteiger partial charge in [0.2, 0.25) is 11.8 Å². The topological polar surface area (TPSA) is 113 Å². The maximum absolute atomic E-state index is 13.8. The molecule has 0 bridgehead atoms. The van der Waals surface area contributed by atoms with Gasteiger partial charge >= 0.3 is 0 Å². The first-order valence-electron chi connectivity index (χ1n) is 12.0. The number of amides is 2. The predicted molar refractivity (Wildman–Crippen MR) is 138 cm³/mol. The summed E-state index contributed by atoms with van der Waals surface area (Å²) in [7, 11) is 1.76. The van der Waals surface area contributed by atoms with Crippen LogP contribution in [0.2, 0.25) is 0 Å². The van der Waals surface area contributed by atoms with Crippen LogP contribution >= 0.6 is 0 Å². The molecule has 3 N–H and O–H groups in total. The second-order valence-electron chi connectivity index (χ2n) is 9.90. The molecule has 2 amide bonds. The number of aryl methyl sites for hydroxylation is 3. The number of ketones is 1. The van der Waals surface area contributed by atoms with E-state index in [1.54, 1.807) is 36.1 Å². The molecule has 2 aromatic carbocycles. The summed E-state index contributed by atoms with van der Waals surface area (Å²) in [5.41, 5.74) is 2.54. The number of carbonyl (C=O) groups is 3. The highest BCUT2D eigenvalue weighted by atomic mass is 16.3. The number of rotatable bonds is 5. The Bertz CT molecular complexity index is 1330. The zero-order chi connectivity index (χ0) is 26.2. The molecule has 188 valence electrons. The summed E-state index contributed by atoms with van der Waals surface area (Å²) < 4.78 is 1.63. The number of nitrogens with zero attached hydrogens (tertiary/aromatic N) is 2. The number of Topliss-reactive ketones (excluding diaryl/α,β-unsaturated/α-hetero) is 1. The summed E-state index contributed by atoms with van der Waals surface area (Å²) in [5, 5.41) is 21.6. The van der Waals surface area contributed by atoms with E-state index in [0.717, 1.165) is 11.1 Å². The fourth-order valence-corrected chi connectivity index (χ4v) is 5.16. The van der Waals surface area contributed by atoms with Crippen LogP contribution in [0.1, 0.15) is 41.6 Å². The number of nitrogens with one attached hydrogen (secondary N) is 2. The minimum absolute atomic E-state index is 0.319. The summed E-state index contributed by atoms with van der Waals surface area (Å²) >= 11 is 0. The molecule has 0 aliphatic heterocycles. The Labute approximate surface area is 210 Å². The van der Waals surface area contributed by atoms with Crippen LogP contribution in [-0.2, 0) is 21.4 Å². The van der Waals surface area contributed by atoms with Crippen LogP contribution in [0, 0.1) is 32.6 Å². The molecule has 1 heterocycles. The number of benzene rings is 2. The van der Waals surface area contributed by atoms with Crippen molar-refractivity contribution in [1.82, 2.24) is 9.78 Å². The first kappa shape index (κ1) is 25.3. The van der Waals surface area contributed by atoms with E-state index in [2.05, 4.69) is 15.7 Å². The lowest BCUT2D eigenvalue weighted by molar-refractivity contribution is -0.150. The van der Waals surface area contributed by atoms with Crippen LogP contribution in [-0.4, -0.2) is 38.1 Å². The van der Waals surface area contributed by atoms with E-state index in [1.807, 2.05) is 51.1 Å². The molecule has 0 spiro atoms. The maximum Gasteiger partial charge on any atom is 0.235 e. The van der Waals surface area contributed by atoms with Gasteiger partial charge in [0, 0.05) is 36.5 Å². The minimum Gasteiger partial charge on any atom is -0.389 e. The van der Waals surface area contributed by atoms with E-state index in [9.17, 15) is 19.5 Å². The van der Waals surface area contributed by atoms with Crippen molar-refractivity contribution in [1.29, 1.82) is 0 Å². The van der Waals surface area contributed by atoms with Crippen molar-refractivity contribution in [3.63, 3.8) is 0 Å². The SMILES string of the molecule is Cc1ccccc1NC(=O)[C@@H]1C(=O)C[C@](C)(O)[C@H](C(=O)Nc2ccccc2C)[C@H]1c1cnn(C)c1C. The smallest absolute Gasteiger partial charge is 0.235 e. The van der Waals surface area contributed by atoms with Gasteiger partial charge < -0.3 is 15.7 Å². The molecular weight excluding hydrogens is 456 g/mol. The molecule has 4 rings (SSSR count). The summed E-state index contributed by atoms with van der Waals surface area (Å²) in [6, 6.07) is 14.6. The van der Waals surface area contributed by atoms with Crippen molar-refractivity contribution in [2.24, 2.45) is 18.9 Å². The standard InChI is InChI=1S/C28H32N4O4/c1-16-10-6-8-12-20(16)30-26(34)24-22(33)14-28(4,36)25(23(24)19-15-29-32(5)18(19)3)27(35)31-21-13-9-7-11-17(21)2/h6-13,15,23-25,36H,14H2,1-5H3,(H,30,34)(H,31,35)/t23-,24+,25-,28-/m0/s1. The molecule has 1 aliphatic rings. The van der Waals surface area contributed by atoms with Crippen molar-refractivity contribution in [3.05, 3.63) is 77.1 Å². The maximum atomic E-state index is 13.8. The lowest BCUT2D eigenvalue weighted by Gasteiger charge is -2.44.